The summed E-state index contributed by atoms with van der Waals surface area (Å²) in [5.74, 6) is 0.248. The lowest BCUT2D eigenvalue weighted by molar-refractivity contribution is 0.297. The topological polar surface area (TPSA) is 39.4 Å². The minimum atomic E-state index is -0.315. The number of fused-ring (bicyclic) bond motifs is 1. The maximum atomic E-state index is 13.3. The van der Waals surface area contributed by atoms with E-state index in [0.717, 1.165) is 27.8 Å². The van der Waals surface area contributed by atoms with Crippen LogP contribution in [-0.2, 0) is 6.61 Å². The van der Waals surface area contributed by atoms with Gasteiger partial charge in [-0.15, -0.1) is 0 Å². The Morgan fingerprint density at radius 2 is 1.59 bits per heavy atom. The van der Waals surface area contributed by atoms with E-state index in [9.17, 15) is 9.18 Å². The van der Waals surface area contributed by atoms with Crippen LogP contribution in [0.2, 0.25) is 0 Å². The molecule has 3 aromatic carbocycles. The van der Waals surface area contributed by atoms with Gasteiger partial charge < -0.3 is 9.15 Å². The molecule has 0 radical (unpaired) electrons. The molecule has 0 saturated carbocycles. The Bertz CT molecular complexity index is 1240. The van der Waals surface area contributed by atoms with Gasteiger partial charge in [-0.2, -0.15) is 0 Å². The van der Waals surface area contributed by atoms with Crippen molar-refractivity contribution in [1.82, 2.24) is 0 Å². The van der Waals surface area contributed by atoms with Crippen molar-refractivity contribution in [2.75, 3.05) is 0 Å². The molecule has 0 N–H and O–H groups in total. The fraction of sp³-hybridized carbons (Fsp3) is 0.160. The molecular weight excluding hydrogens is 367 g/mol. The molecule has 0 aliphatic heterocycles. The molecule has 0 aliphatic rings. The summed E-state index contributed by atoms with van der Waals surface area (Å²) in [4.78, 5) is 13.3. The number of rotatable bonds is 4. The molecule has 0 atom stereocenters. The number of hydrogen-bond donors (Lipinski definition) is 0. The average molecular weight is 388 g/mol. The van der Waals surface area contributed by atoms with Crippen molar-refractivity contribution in [3.05, 3.63) is 99.0 Å². The molecule has 0 amide bonds. The summed E-state index contributed by atoms with van der Waals surface area (Å²) >= 11 is 0. The van der Waals surface area contributed by atoms with Gasteiger partial charge in [0.25, 0.3) is 0 Å². The van der Waals surface area contributed by atoms with Gasteiger partial charge in [0.1, 0.15) is 18.0 Å². The number of aryl methyl sites for hydroxylation is 3. The van der Waals surface area contributed by atoms with Crippen molar-refractivity contribution in [2.45, 2.75) is 27.4 Å². The van der Waals surface area contributed by atoms with Crippen LogP contribution in [0, 0.1) is 26.6 Å². The molecule has 1 heterocycles. The summed E-state index contributed by atoms with van der Waals surface area (Å²) in [6.07, 6.45) is 0. The molecule has 4 aromatic rings. The van der Waals surface area contributed by atoms with Gasteiger partial charge in [0, 0.05) is 5.56 Å². The van der Waals surface area contributed by atoms with Crippen LogP contribution in [-0.4, -0.2) is 0 Å². The highest BCUT2D eigenvalue weighted by molar-refractivity contribution is 5.85. The molecule has 4 rings (SSSR count). The maximum absolute atomic E-state index is 13.3. The first-order valence-corrected chi connectivity index (χ1v) is 9.45. The highest BCUT2D eigenvalue weighted by atomic mass is 19.1. The monoisotopic (exact) mass is 388 g/mol. The van der Waals surface area contributed by atoms with Crippen molar-refractivity contribution in [1.29, 1.82) is 0 Å². The summed E-state index contributed by atoms with van der Waals surface area (Å²) in [7, 11) is 0. The van der Waals surface area contributed by atoms with Gasteiger partial charge in [0.2, 0.25) is 11.2 Å². The number of halogens is 1. The fourth-order valence-corrected chi connectivity index (χ4v) is 3.39. The number of benzene rings is 3. The van der Waals surface area contributed by atoms with Gasteiger partial charge in [0.15, 0.2) is 5.76 Å². The standard InChI is InChI=1S/C25H21FO3/c1-15-4-8-19(9-5-15)24-25(28-14-18-6-10-20(26)11-7-18)22(27)21-13-16(2)12-17(3)23(21)29-24/h4-13H,14H2,1-3H3. The molecule has 29 heavy (non-hydrogen) atoms. The van der Waals surface area contributed by atoms with Crippen LogP contribution in [0.25, 0.3) is 22.3 Å². The van der Waals surface area contributed by atoms with Crippen molar-refractivity contribution in [3.63, 3.8) is 0 Å². The first-order valence-electron chi connectivity index (χ1n) is 9.45. The van der Waals surface area contributed by atoms with Crippen LogP contribution in [0.15, 0.2) is 69.9 Å². The summed E-state index contributed by atoms with van der Waals surface area (Å²) in [5, 5.41) is 0.493. The quantitative estimate of drug-likeness (QED) is 0.424. The van der Waals surface area contributed by atoms with E-state index in [1.54, 1.807) is 12.1 Å². The van der Waals surface area contributed by atoms with Crippen molar-refractivity contribution in [2.24, 2.45) is 0 Å². The molecular formula is C25H21FO3. The first kappa shape index (κ1) is 18.9. The summed E-state index contributed by atoms with van der Waals surface area (Å²) in [6.45, 7) is 6.01. The van der Waals surface area contributed by atoms with Crippen molar-refractivity contribution >= 4 is 11.0 Å². The predicted octanol–water partition coefficient (Wildman–Crippen LogP) is 6.10. The lowest BCUT2D eigenvalue weighted by Gasteiger charge is -2.13. The van der Waals surface area contributed by atoms with E-state index in [1.165, 1.54) is 12.1 Å². The smallest absolute Gasteiger partial charge is 0.235 e. The Labute approximate surface area is 168 Å². The second-order valence-electron chi connectivity index (χ2n) is 7.33. The van der Waals surface area contributed by atoms with E-state index in [0.29, 0.717) is 16.7 Å². The van der Waals surface area contributed by atoms with Crippen LogP contribution in [0.1, 0.15) is 22.3 Å². The zero-order valence-electron chi connectivity index (χ0n) is 16.6. The van der Waals surface area contributed by atoms with Crippen LogP contribution >= 0.6 is 0 Å². The lowest BCUT2D eigenvalue weighted by Crippen LogP contribution is -2.11. The van der Waals surface area contributed by atoms with Crippen LogP contribution < -0.4 is 10.2 Å². The minimum absolute atomic E-state index is 0.139. The Balaban J connectivity index is 1.88. The second kappa shape index (κ2) is 7.55. The van der Waals surface area contributed by atoms with E-state index in [1.807, 2.05) is 57.2 Å². The van der Waals surface area contributed by atoms with E-state index >= 15 is 0 Å². The summed E-state index contributed by atoms with van der Waals surface area (Å²) in [6, 6.07) is 17.6. The largest absolute Gasteiger partial charge is 0.481 e. The SMILES string of the molecule is Cc1ccc(-c2oc3c(C)cc(C)cc3c(=O)c2OCc2ccc(F)cc2)cc1. The Hall–Kier alpha value is -3.40. The van der Waals surface area contributed by atoms with Crippen LogP contribution in [0.4, 0.5) is 4.39 Å². The molecule has 0 unspecified atom stereocenters. The minimum Gasteiger partial charge on any atom is -0.481 e. The van der Waals surface area contributed by atoms with Gasteiger partial charge in [0.05, 0.1) is 5.39 Å². The van der Waals surface area contributed by atoms with Gasteiger partial charge in [-0.1, -0.05) is 48.0 Å². The zero-order chi connectivity index (χ0) is 20.5. The molecule has 146 valence electrons. The Morgan fingerprint density at radius 3 is 2.28 bits per heavy atom. The molecule has 4 heteroatoms. The third-order valence-electron chi connectivity index (χ3n) is 4.89. The third kappa shape index (κ3) is 3.79. The van der Waals surface area contributed by atoms with Crippen LogP contribution in [0.3, 0.4) is 0 Å². The molecule has 0 saturated heterocycles. The van der Waals surface area contributed by atoms with Gasteiger partial charge in [-0.3, -0.25) is 4.79 Å². The second-order valence-corrected chi connectivity index (χ2v) is 7.33. The third-order valence-corrected chi connectivity index (χ3v) is 4.89. The molecule has 3 nitrogen and oxygen atoms in total. The highest BCUT2D eigenvalue weighted by Gasteiger charge is 2.19. The van der Waals surface area contributed by atoms with Crippen molar-refractivity contribution in [3.8, 4) is 17.1 Å². The lowest BCUT2D eigenvalue weighted by atomic mass is 10.0. The van der Waals surface area contributed by atoms with Gasteiger partial charge in [-0.05, 0) is 55.7 Å². The molecule has 0 fully saturated rings. The van der Waals surface area contributed by atoms with Crippen LogP contribution in [0.5, 0.6) is 5.75 Å². The molecule has 1 aromatic heterocycles. The van der Waals surface area contributed by atoms with Crippen molar-refractivity contribution < 1.29 is 13.5 Å². The van der Waals surface area contributed by atoms with Gasteiger partial charge in [-0.25, -0.2) is 4.39 Å². The molecule has 0 spiro atoms. The number of ether oxygens (including phenoxy) is 1. The molecule has 0 aliphatic carbocycles. The van der Waals surface area contributed by atoms with Gasteiger partial charge >= 0.3 is 0 Å². The summed E-state index contributed by atoms with van der Waals surface area (Å²) in [5.41, 5.74) is 4.87. The Morgan fingerprint density at radius 1 is 0.897 bits per heavy atom. The predicted molar refractivity (Wildman–Crippen MR) is 113 cm³/mol. The zero-order valence-corrected chi connectivity index (χ0v) is 16.6. The maximum Gasteiger partial charge on any atom is 0.235 e. The van der Waals surface area contributed by atoms with E-state index in [4.69, 9.17) is 9.15 Å². The average Bonchev–Trinajstić information content (AvgIpc) is 2.70. The van der Waals surface area contributed by atoms with E-state index in [-0.39, 0.29) is 23.6 Å². The fourth-order valence-electron chi connectivity index (χ4n) is 3.39. The first-order chi connectivity index (χ1) is 13.9. The highest BCUT2D eigenvalue weighted by Crippen LogP contribution is 2.33. The summed E-state index contributed by atoms with van der Waals surface area (Å²) < 4.78 is 25.3. The van der Waals surface area contributed by atoms with E-state index in [2.05, 4.69) is 0 Å². The number of hydrogen-bond acceptors (Lipinski definition) is 3. The normalized spacial score (nSPS) is 11.0. The molecule has 0 bridgehead atoms. The Kier molecular flexibility index (Phi) is 4.93. The van der Waals surface area contributed by atoms with E-state index < -0.39 is 0 Å².